The minimum atomic E-state index is -0.449. The van der Waals surface area contributed by atoms with Gasteiger partial charge in [0.1, 0.15) is 6.04 Å². The highest BCUT2D eigenvalue weighted by molar-refractivity contribution is 7.99. The van der Waals surface area contributed by atoms with Crippen LogP contribution in [0.5, 0.6) is 0 Å². The zero-order chi connectivity index (χ0) is 17.7. The number of amides is 2. The van der Waals surface area contributed by atoms with Gasteiger partial charge in [0, 0.05) is 28.8 Å². The third-order valence-electron chi connectivity index (χ3n) is 3.87. The highest BCUT2D eigenvalue weighted by atomic mass is 32.2. The van der Waals surface area contributed by atoms with Crippen molar-refractivity contribution < 1.29 is 9.59 Å². The molecule has 5 nitrogen and oxygen atoms in total. The van der Waals surface area contributed by atoms with Crippen molar-refractivity contribution in [1.82, 2.24) is 15.2 Å². The number of rotatable bonds is 6. The van der Waals surface area contributed by atoms with Crippen LogP contribution < -0.4 is 5.32 Å². The zero-order valence-electron chi connectivity index (χ0n) is 14.9. The van der Waals surface area contributed by atoms with Gasteiger partial charge in [-0.2, -0.15) is 0 Å². The molecule has 1 aliphatic rings. The van der Waals surface area contributed by atoms with Crippen molar-refractivity contribution in [3.05, 3.63) is 16.1 Å². The Morgan fingerprint density at radius 3 is 2.75 bits per heavy atom. The van der Waals surface area contributed by atoms with Crippen LogP contribution >= 0.6 is 23.1 Å². The first-order valence-electron chi connectivity index (χ1n) is 8.36. The van der Waals surface area contributed by atoms with Crippen LogP contribution in [0.3, 0.4) is 0 Å². The van der Waals surface area contributed by atoms with Gasteiger partial charge in [0.05, 0.1) is 10.9 Å². The highest BCUT2D eigenvalue weighted by Crippen LogP contribution is 2.27. The predicted molar refractivity (Wildman–Crippen MR) is 100 cm³/mol. The van der Waals surface area contributed by atoms with Crippen molar-refractivity contribution in [1.29, 1.82) is 0 Å². The van der Waals surface area contributed by atoms with E-state index >= 15 is 0 Å². The third kappa shape index (κ3) is 5.21. The number of aryl methyl sites for hydroxylation is 2. The first-order valence-corrected chi connectivity index (χ1v) is 10.4. The minimum Gasteiger partial charge on any atom is -0.354 e. The molecular formula is C17H27N3O2S2. The number of thiazole rings is 1. The zero-order valence-corrected chi connectivity index (χ0v) is 16.6. The van der Waals surface area contributed by atoms with Crippen LogP contribution in [0.1, 0.15) is 44.3 Å². The van der Waals surface area contributed by atoms with Crippen LogP contribution in [0.15, 0.2) is 5.38 Å². The summed E-state index contributed by atoms with van der Waals surface area (Å²) in [6.07, 6.45) is 2.90. The predicted octanol–water partition coefficient (Wildman–Crippen LogP) is 2.84. The Morgan fingerprint density at radius 2 is 2.12 bits per heavy atom. The highest BCUT2D eigenvalue weighted by Gasteiger charge is 2.38. The molecule has 1 saturated heterocycles. The maximum absolute atomic E-state index is 12.4. The van der Waals surface area contributed by atoms with Gasteiger partial charge >= 0.3 is 0 Å². The Kier molecular flexibility index (Phi) is 6.69. The van der Waals surface area contributed by atoms with Crippen molar-refractivity contribution in [2.75, 3.05) is 18.2 Å². The van der Waals surface area contributed by atoms with Crippen LogP contribution in [0.2, 0.25) is 0 Å². The Bertz CT molecular complexity index is 581. The fourth-order valence-electron chi connectivity index (χ4n) is 2.54. The molecule has 0 radical (unpaired) electrons. The quantitative estimate of drug-likeness (QED) is 0.783. The lowest BCUT2D eigenvalue weighted by molar-refractivity contribution is -0.144. The molecule has 2 rings (SSSR count). The number of carbonyl (C=O) groups is 2. The summed E-state index contributed by atoms with van der Waals surface area (Å²) in [7, 11) is 0. The number of nitrogens with zero attached hydrogens (tertiary/aromatic N) is 2. The molecule has 0 saturated carbocycles. The van der Waals surface area contributed by atoms with E-state index in [-0.39, 0.29) is 17.9 Å². The fourth-order valence-corrected chi connectivity index (χ4v) is 4.51. The fraction of sp³-hybridized carbons (Fsp3) is 0.706. The molecule has 1 atom stereocenters. The Hall–Kier alpha value is -1.08. The summed E-state index contributed by atoms with van der Waals surface area (Å²) < 4.78 is 0. The van der Waals surface area contributed by atoms with Gasteiger partial charge in [-0.3, -0.25) is 9.59 Å². The van der Waals surface area contributed by atoms with E-state index in [1.54, 1.807) is 28.0 Å². The van der Waals surface area contributed by atoms with Gasteiger partial charge in [0.25, 0.3) is 0 Å². The summed E-state index contributed by atoms with van der Waals surface area (Å²) >= 11 is 3.34. The summed E-state index contributed by atoms with van der Waals surface area (Å²) in [5.74, 6) is 1.32. The van der Waals surface area contributed by atoms with Crippen molar-refractivity contribution >= 4 is 34.9 Å². The van der Waals surface area contributed by atoms with Crippen LogP contribution in [-0.2, 0) is 16.0 Å². The summed E-state index contributed by atoms with van der Waals surface area (Å²) in [4.78, 5) is 31.0. The maximum Gasteiger partial charge on any atom is 0.243 e. The van der Waals surface area contributed by atoms with Gasteiger partial charge in [0.15, 0.2) is 0 Å². The molecule has 1 aromatic rings. The van der Waals surface area contributed by atoms with Gasteiger partial charge in [-0.15, -0.1) is 23.1 Å². The molecule has 2 heterocycles. The Morgan fingerprint density at radius 1 is 1.38 bits per heavy atom. The van der Waals surface area contributed by atoms with Crippen molar-refractivity contribution in [2.45, 2.75) is 53.0 Å². The smallest absolute Gasteiger partial charge is 0.243 e. The summed E-state index contributed by atoms with van der Waals surface area (Å²) in [5, 5.41) is 6.21. The molecule has 1 N–H and O–H groups in total. The molecule has 1 aliphatic heterocycles. The van der Waals surface area contributed by atoms with E-state index in [9.17, 15) is 9.59 Å². The molecule has 1 fully saturated rings. The average Bonchev–Trinajstić information content (AvgIpc) is 3.13. The monoisotopic (exact) mass is 369 g/mol. The van der Waals surface area contributed by atoms with Crippen molar-refractivity contribution in [2.24, 2.45) is 5.41 Å². The van der Waals surface area contributed by atoms with Crippen LogP contribution in [0, 0.1) is 12.3 Å². The molecule has 24 heavy (non-hydrogen) atoms. The van der Waals surface area contributed by atoms with Gasteiger partial charge in [-0.05, 0) is 26.2 Å². The minimum absolute atomic E-state index is 0.0253. The third-order valence-corrected chi connectivity index (χ3v) is 5.91. The second kappa shape index (κ2) is 8.34. The number of carbonyl (C=O) groups excluding carboxylic acids is 2. The first kappa shape index (κ1) is 19.2. The van der Waals surface area contributed by atoms with E-state index in [0.29, 0.717) is 18.2 Å². The molecule has 0 aromatic carbocycles. The first-order chi connectivity index (χ1) is 11.3. The SMILES string of the molecule is Cc1csc(CCCCNC(=O)C2CSCN2C(=O)C(C)(C)C)n1. The summed E-state index contributed by atoms with van der Waals surface area (Å²) in [6.45, 7) is 8.35. The topological polar surface area (TPSA) is 62.3 Å². The molecule has 1 aromatic heterocycles. The van der Waals surface area contributed by atoms with Crippen LogP contribution in [-0.4, -0.2) is 45.9 Å². The van der Waals surface area contributed by atoms with E-state index < -0.39 is 5.41 Å². The number of hydrogen-bond acceptors (Lipinski definition) is 5. The number of nitrogens with one attached hydrogen (secondary N) is 1. The second-order valence-electron chi connectivity index (χ2n) is 7.17. The molecule has 0 aliphatic carbocycles. The molecule has 0 bridgehead atoms. The van der Waals surface area contributed by atoms with E-state index in [1.165, 1.54) is 0 Å². The van der Waals surface area contributed by atoms with E-state index in [1.807, 2.05) is 27.7 Å². The van der Waals surface area contributed by atoms with Crippen LogP contribution in [0.25, 0.3) is 0 Å². The van der Waals surface area contributed by atoms with Crippen molar-refractivity contribution in [3.8, 4) is 0 Å². The van der Waals surface area contributed by atoms with Gasteiger partial charge in [0.2, 0.25) is 11.8 Å². The van der Waals surface area contributed by atoms with Crippen molar-refractivity contribution in [3.63, 3.8) is 0 Å². The Labute approximate surface area is 152 Å². The lowest BCUT2D eigenvalue weighted by Gasteiger charge is -2.29. The van der Waals surface area contributed by atoms with E-state index in [2.05, 4.69) is 15.7 Å². The molecule has 0 spiro atoms. The Balaban J connectivity index is 1.72. The van der Waals surface area contributed by atoms with Gasteiger partial charge in [-0.25, -0.2) is 4.98 Å². The number of unbranched alkanes of at least 4 members (excludes halogenated alkanes) is 1. The second-order valence-corrected chi connectivity index (χ2v) is 9.11. The number of aromatic nitrogens is 1. The average molecular weight is 370 g/mol. The lowest BCUT2D eigenvalue weighted by atomic mass is 9.94. The molecular weight excluding hydrogens is 342 g/mol. The van der Waals surface area contributed by atoms with E-state index in [0.717, 1.165) is 30.0 Å². The number of thioether (sulfide) groups is 1. The van der Waals surface area contributed by atoms with Gasteiger partial charge < -0.3 is 10.2 Å². The molecule has 7 heteroatoms. The maximum atomic E-state index is 12.4. The summed E-state index contributed by atoms with van der Waals surface area (Å²) in [6, 6.07) is -0.330. The van der Waals surface area contributed by atoms with Gasteiger partial charge in [-0.1, -0.05) is 20.8 Å². The standard InChI is InChI=1S/C17H27N3O2S2/c1-12-9-24-14(19-12)7-5-6-8-18-15(21)13-10-23-11-20(13)16(22)17(2,3)4/h9,13H,5-8,10-11H2,1-4H3,(H,18,21). The van der Waals surface area contributed by atoms with E-state index in [4.69, 9.17) is 0 Å². The van der Waals surface area contributed by atoms with Crippen LogP contribution in [0.4, 0.5) is 0 Å². The molecule has 2 amide bonds. The number of hydrogen-bond donors (Lipinski definition) is 1. The lowest BCUT2D eigenvalue weighted by Crippen LogP contribution is -2.50. The molecule has 1 unspecified atom stereocenters. The summed E-state index contributed by atoms with van der Waals surface area (Å²) in [5.41, 5.74) is 0.626. The molecule has 134 valence electrons. The largest absolute Gasteiger partial charge is 0.354 e. The normalized spacial score (nSPS) is 18.0.